The van der Waals surface area contributed by atoms with Crippen LogP contribution in [0.2, 0.25) is 0 Å². The van der Waals surface area contributed by atoms with E-state index in [0.717, 1.165) is 19.4 Å². The van der Waals surface area contributed by atoms with E-state index in [0.29, 0.717) is 11.0 Å². The maximum absolute atomic E-state index is 13.5. The van der Waals surface area contributed by atoms with E-state index in [4.69, 9.17) is 4.74 Å². The van der Waals surface area contributed by atoms with Gasteiger partial charge >= 0.3 is 0 Å². The molecule has 1 aliphatic rings. The Kier molecular flexibility index (Phi) is 4.12. The van der Waals surface area contributed by atoms with Crippen molar-refractivity contribution in [3.63, 3.8) is 0 Å². The molecule has 5 heteroatoms. The summed E-state index contributed by atoms with van der Waals surface area (Å²) < 4.78 is 19.5. The summed E-state index contributed by atoms with van der Waals surface area (Å²) in [4.78, 5) is 11.7. The molecule has 1 aliphatic heterocycles. The summed E-state index contributed by atoms with van der Waals surface area (Å²) in [6, 6.07) is 4.38. The third-order valence-electron chi connectivity index (χ3n) is 2.69. The largest absolute Gasteiger partial charge is 0.376 e. The zero-order valence-corrected chi connectivity index (χ0v) is 10.8. The van der Waals surface area contributed by atoms with Gasteiger partial charge < -0.3 is 10.1 Å². The van der Waals surface area contributed by atoms with Gasteiger partial charge in [0.2, 0.25) is 0 Å². The van der Waals surface area contributed by atoms with Gasteiger partial charge in [0, 0.05) is 17.6 Å². The SMILES string of the molecule is O=C(NC[C@H]1CCCO1)c1ccc(Br)cc1F. The van der Waals surface area contributed by atoms with Crippen molar-refractivity contribution in [3.05, 3.63) is 34.1 Å². The number of hydrogen-bond donors (Lipinski definition) is 1. The van der Waals surface area contributed by atoms with E-state index in [-0.39, 0.29) is 11.7 Å². The molecular weight excluding hydrogens is 289 g/mol. The maximum atomic E-state index is 13.5. The van der Waals surface area contributed by atoms with Gasteiger partial charge in [0.15, 0.2) is 0 Å². The fourth-order valence-electron chi connectivity index (χ4n) is 1.78. The number of carbonyl (C=O) groups excluding carboxylic acids is 1. The normalized spacial score (nSPS) is 19.3. The van der Waals surface area contributed by atoms with Crippen LogP contribution in [0.3, 0.4) is 0 Å². The highest BCUT2D eigenvalue weighted by molar-refractivity contribution is 9.10. The van der Waals surface area contributed by atoms with E-state index in [1.807, 2.05) is 0 Å². The monoisotopic (exact) mass is 301 g/mol. The molecule has 1 aromatic carbocycles. The molecule has 1 N–H and O–H groups in total. The Morgan fingerprint density at radius 3 is 3.06 bits per heavy atom. The van der Waals surface area contributed by atoms with Crippen molar-refractivity contribution in [2.75, 3.05) is 13.2 Å². The quantitative estimate of drug-likeness (QED) is 0.931. The molecule has 2 rings (SSSR count). The smallest absolute Gasteiger partial charge is 0.254 e. The van der Waals surface area contributed by atoms with Crippen molar-refractivity contribution in [2.24, 2.45) is 0 Å². The minimum absolute atomic E-state index is 0.0613. The first-order valence-corrected chi connectivity index (χ1v) is 6.31. The van der Waals surface area contributed by atoms with Crippen molar-refractivity contribution in [3.8, 4) is 0 Å². The highest BCUT2D eigenvalue weighted by atomic mass is 79.9. The first-order chi connectivity index (χ1) is 8.16. The number of halogens is 2. The number of nitrogens with one attached hydrogen (secondary N) is 1. The predicted molar refractivity (Wildman–Crippen MR) is 65.4 cm³/mol. The number of amides is 1. The highest BCUT2D eigenvalue weighted by Gasteiger charge is 2.18. The number of benzene rings is 1. The summed E-state index contributed by atoms with van der Waals surface area (Å²) in [7, 11) is 0. The first-order valence-electron chi connectivity index (χ1n) is 5.51. The molecule has 0 radical (unpaired) electrons. The second-order valence-electron chi connectivity index (χ2n) is 3.97. The Hall–Kier alpha value is -0.940. The molecule has 1 saturated heterocycles. The third kappa shape index (κ3) is 3.26. The molecule has 0 spiro atoms. The van der Waals surface area contributed by atoms with Crippen molar-refractivity contribution >= 4 is 21.8 Å². The van der Waals surface area contributed by atoms with E-state index in [9.17, 15) is 9.18 Å². The average Bonchev–Trinajstić information content (AvgIpc) is 2.78. The summed E-state index contributed by atoms with van der Waals surface area (Å²) in [6.45, 7) is 1.18. The summed E-state index contributed by atoms with van der Waals surface area (Å²) >= 11 is 3.15. The fraction of sp³-hybridized carbons (Fsp3) is 0.417. The van der Waals surface area contributed by atoms with Crippen LogP contribution in [0.25, 0.3) is 0 Å². The van der Waals surface area contributed by atoms with Crippen molar-refractivity contribution < 1.29 is 13.9 Å². The van der Waals surface area contributed by atoms with Crippen LogP contribution in [-0.2, 0) is 4.74 Å². The number of rotatable bonds is 3. The van der Waals surface area contributed by atoms with Crippen LogP contribution in [0, 0.1) is 5.82 Å². The summed E-state index contributed by atoms with van der Waals surface area (Å²) in [5, 5.41) is 2.68. The fourth-order valence-corrected chi connectivity index (χ4v) is 2.11. The minimum Gasteiger partial charge on any atom is -0.376 e. The van der Waals surface area contributed by atoms with Crippen LogP contribution in [0.1, 0.15) is 23.2 Å². The predicted octanol–water partition coefficient (Wildman–Crippen LogP) is 2.50. The van der Waals surface area contributed by atoms with Gasteiger partial charge in [-0.1, -0.05) is 15.9 Å². The molecule has 17 heavy (non-hydrogen) atoms. The van der Waals surface area contributed by atoms with Gasteiger partial charge in [-0.3, -0.25) is 4.79 Å². The van der Waals surface area contributed by atoms with Crippen LogP contribution in [0.15, 0.2) is 22.7 Å². The third-order valence-corrected chi connectivity index (χ3v) is 3.18. The molecule has 1 fully saturated rings. The molecule has 1 amide bonds. The molecule has 1 aromatic rings. The second kappa shape index (κ2) is 5.60. The van der Waals surface area contributed by atoms with Crippen LogP contribution in [0.5, 0.6) is 0 Å². The second-order valence-corrected chi connectivity index (χ2v) is 4.88. The number of carbonyl (C=O) groups is 1. The van der Waals surface area contributed by atoms with Gasteiger partial charge in [-0.25, -0.2) is 4.39 Å². The lowest BCUT2D eigenvalue weighted by Gasteiger charge is -2.11. The van der Waals surface area contributed by atoms with E-state index in [2.05, 4.69) is 21.2 Å². The standard InChI is InChI=1S/C12H13BrFNO2/c13-8-3-4-10(11(14)6-8)12(16)15-7-9-2-1-5-17-9/h3-4,6,9H,1-2,5,7H2,(H,15,16)/t9-/m1/s1. The molecule has 1 atom stereocenters. The molecule has 0 aromatic heterocycles. The van der Waals surface area contributed by atoms with Crippen molar-refractivity contribution in [1.29, 1.82) is 0 Å². The maximum Gasteiger partial charge on any atom is 0.254 e. The van der Waals surface area contributed by atoms with Gasteiger partial charge in [-0.15, -0.1) is 0 Å². The van der Waals surface area contributed by atoms with E-state index in [1.165, 1.54) is 12.1 Å². The summed E-state index contributed by atoms with van der Waals surface area (Å²) in [5.41, 5.74) is 0.0613. The van der Waals surface area contributed by atoms with Crippen LogP contribution >= 0.6 is 15.9 Å². The Balaban J connectivity index is 1.94. The summed E-state index contributed by atoms with van der Waals surface area (Å²) in [6.07, 6.45) is 2.04. The Morgan fingerprint density at radius 2 is 2.41 bits per heavy atom. The molecule has 3 nitrogen and oxygen atoms in total. The van der Waals surface area contributed by atoms with Crippen LogP contribution in [0.4, 0.5) is 4.39 Å². The van der Waals surface area contributed by atoms with Crippen LogP contribution in [-0.4, -0.2) is 25.2 Å². The molecular formula is C12H13BrFNO2. The Morgan fingerprint density at radius 1 is 1.59 bits per heavy atom. The first kappa shape index (κ1) is 12.5. The zero-order valence-electron chi connectivity index (χ0n) is 9.21. The van der Waals surface area contributed by atoms with Gasteiger partial charge in [0.25, 0.3) is 5.91 Å². The topological polar surface area (TPSA) is 38.3 Å². The zero-order chi connectivity index (χ0) is 12.3. The molecule has 1 heterocycles. The highest BCUT2D eigenvalue weighted by Crippen LogP contribution is 2.15. The van der Waals surface area contributed by atoms with Gasteiger partial charge in [0.1, 0.15) is 5.82 Å². The van der Waals surface area contributed by atoms with Gasteiger partial charge in [-0.2, -0.15) is 0 Å². The molecule has 0 bridgehead atoms. The number of ether oxygens (including phenoxy) is 1. The van der Waals surface area contributed by atoms with E-state index >= 15 is 0 Å². The van der Waals surface area contributed by atoms with E-state index < -0.39 is 11.7 Å². The molecule has 0 aliphatic carbocycles. The molecule has 92 valence electrons. The Bertz CT molecular complexity index is 419. The van der Waals surface area contributed by atoms with Crippen molar-refractivity contribution in [1.82, 2.24) is 5.32 Å². The lowest BCUT2D eigenvalue weighted by Crippen LogP contribution is -2.32. The number of hydrogen-bond acceptors (Lipinski definition) is 2. The Labute approximate surface area is 107 Å². The molecule has 0 saturated carbocycles. The lowest BCUT2D eigenvalue weighted by atomic mass is 10.2. The molecule has 0 unspecified atom stereocenters. The summed E-state index contributed by atoms with van der Waals surface area (Å²) in [5.74, 6) is -0.922. The van der Waals surface area contributed by atoms with Gasteiger partial charge in [0.05, 0.1) is 11.7 Å². The van der Waals surface area contributed by atoms with E-state index in [1.54, 1.807) is 6.07 Å². The van der Waals surface area contributed by atoms with Crippen LogP contribution < -0.4 is 5.32 Å². The van der Waals surface area contributed by atoms with Gasteiger partial charge in [-0.05, 0) is 31.0 Å². The average molecular weight is 302 g/mol. The van der Waals surface area contributed by atoms with Crippen molar-refractivity contribution in [2.45, 2.75) is 18.9 Å². The lowest BCUT2D eigenvalue weighted by molar-refractivity contribution is 0.0854. The minimum atomic E-state index is -0.524.